The first kappa shape index (κ1) is 29.3. The molecule has 1 nitrogen and oxygen atoms in total. The molecule has 52 heavy (non-hydrogen) atoms. The van der Waals surface area contributed by atoms with Crippen LogP contribution >= 0.6 is 0 Å². The van der Waals surface area contributed by atoms with Crippen LogP contribution in [0.4, 0.5) is 17.1 Å². The van der Waals surface area contributed by atoms with E-state index in [0.29, 0.717) is 0 Å². The van der Waals surface area contributed by atoms with Gasteiger partial charge in [-0.05, 0) is 127 Å². The number of benzene rings is 9. The first-order chi connectivity index (χ1) is 25.6. The van der Waals surface area contributed by atoms with Gasteiger partial charge in [0.05, 0.1) is 11.1 Å². The van der Waals surface area contributed by atoms with Crippen LogP contribution in [0.25, 0.3) is 54.6 Å². The molecule has 0 aliphatic heterocycles. The van der Waals surface area contributed by atoms with E-state index in [1.54, 1.807) is 0 Å². The third kappa shape index (κ3) is 3.83. The number of rotatable bonds is 3. The van der Waals surface area contributed by atoms with Gasteiger partial charge in [0.25, 0.3) is 0 Å². The molecule has 0 saturated carbocycles. The van der Waals surface area contributed by atoms with Gasteiger partial charge >= 0.3 is 0 Å². The summed E-state index contributed by atoms with van der Waals surface area (Å²) >= 11 is 0. The van der Waals surface area contributed by atoms with Gasteiger partial charge in [0.15, 0.2) is 0 Å². The Balaban J connectivity index is 1.26. The van der Waals surface area contributed by atoms with E-state index in [9.17, 15) is 0 Å². The van der Waals surface area contributed by atoms with E-state index in [-0.39, 0.29) is 0 Å². The first-order valence-corrected chi connectivity index (χ1v) is 18.3. The van der Waals surface area contributed by atoms with Gasteiger partial charge < -0.3 is 4.90 Å². The van der Waals surface area contributed by atoms with Gasteiger partial charge in [-0.15, -0.1) is 0 Å². The van der Waals surface area contributed by atoms with Crippen molar-refractivity contribution in [3.8, 4) is 22.3 Å². The Morgan fingerprint density at radius 2 is 0.788 bits per heavy atom. The molecule has 0 fully saturated rings. The van der Waals surface area contributed by atoms with Crippen molar-refractivity contribution in [1.29, 1.82) is 0 Å². The number of hydrogen-bond acceptors (Lipinski definition) is 1. The summed E-state index contributed by atoms with van der Waals surface area (Å²) in [5.41, 5.74) is 16.3. The van der Waals surface area contributed by atoms with E-state index in [1.807, 2.05) is 0 Å². The molecular formula is C51H35N. The minimum Gasteiger partial charge on any atom is -0.310 e. The zero-order valence-electron chi connectivity index (χ0n) is 29.2. The lowest BCUT2D eigenvalue weighted by Gasteiger charge is -2.33. The molecule has 9 aromatic rings. The highest BCUT2D eigenvalue weighted by Gasteiger charge is 2.51. The number of aryl methyl sites for hydroxylation is 2. The molecule has 0 heterocycles. The maximum Gasteiger partial charge on any atom is 0.0726 e. The molecule has 1 heteroatoms. The number of hydrogen-bond donors (Lipinski definition) is 0. The fourth-order valence-electron chi connectivity index (χ4n) is 9.85. The van der Waals surface area contributed by atoms with Crippen LogP contribution in [-0.4, -0.2) is 0 Å². The summed E-state index contributed by atoms with van der Waals surface area (Å²) in [5.74, 6) is 0. The Hall–Kier alpha value is -6.44. The Kier molecular flexibility index (Phi) is 6.08. The predicted octanol–water partition coefficient (Wildman–Crippen LogP) is 13.6. The highest BCUT2D eigenvalue weighted by molar-refractivity contribution is 6.28. The highest BCUT2D eigenvalue weighted by atomic mass is 15.1. The fraction of sp³-hybridized carbons (Fsp3) is 0.0588. The summed E-state index contributed by atoms with van der Waals surface area (Å²) in [6.07, 6.45) is 0. The van der Waals surface area contributed by atoms with Crippen molar-refractivity contribution in [2.45, 2.75) is 19.3 Å². The van der Waals surface area contributed by atoms with Gasteiger partial charge in [-0.1, -0.05) is 146 Å². The standard InChI is InChI=1S/C51H35N/c1-32-28-33(2)30-35(29-32)52(49-25-13-21-44-38-15-4-3-14-36(38)37-16-5-6-20-43(37)50(44)49)34-26-27-42-41-19-9-12-24-47(41)51(48(42)31-34)45-22-10-7-17-39(45)40-18-8-11-23-46(40)51/h3-31H,1-2H3. The lowest BCUT2D eigenvalue weighted by molar-refractivity contribution is 0.793. The van der Waals surface area contributed by atoms with Gasteiger partial charge in [0, 0.05) is 16.8 Å². The van der Waals surface area contributed by atoms with Crippen molar-refractivity contribution in [3.63, 3.8) is 0 Å². The minimum atomic E-state index is -0.412. The molecule has 0 amide bonds. The number of nitrogens with zero attached hydrogens (tertiary/aromatic N) is 1. The molecule has 9 aromatic carbocycles. The van der Waals surface area contributed by atoms with Crippen LogP contribution in [-0.2, 0) is 5.41 Å². The smallest absolute Gasteiger partial charge is 0.0726 e. The summed E-state index contributed by atoms with van der Waals surface area (Å²) in [6, 6.07) is 66.0. The summed E-state index contributed by atoms with van der Waals surface area (Å²) in [5, 5.41) is 7.65. The lowest BCUT2D eigenvalue weighted by atomic mass is 9.70. The Labute approximate surface area is 304 Å². The minimum absolute atomic E-state index is 0.412. The van der Waals surface area contributed by atoms with E-state index in [4.69, 9.17) is 0 Å². The van der Waals surface area contributed by atoms with Crippen LogP contribution in [0.3, 0.4) is 0 Å². The average molecular weight is 662 g/mol. The van der Waals surface area contributed by atoms with Crippen LogP contribution in [0.5, 0.6) is 0 Å². The van der Waals surface area contributed by atoms with Crippen molar-refractivity contribution < 1.29 is 0 Å². The van der Waals surface area contributed by atoms with Crippen LogP contribution in [0.1, 0.15) is 33.4 Å². The van der Waals surface area contributed by atoms with E-state index >= 15 is 0 Å². The van der Waals surface area contributed by atoms with Crippen LogP contribution < -0.4 is 4.90 Å². The summed E-state index contributed by atoms with van der Waals surface area (Å²) < 4.78 is 0. The van der Waals surface area contributed by atoms with E-state index in [0.717, 1.165) is 5.69 Å². The zero-order valence-corrected chi connectivity index (χ0v) is 29.2. The van der Waals surface area contributed by atoms with Gasteiger partial charge in [0.1, 0.15) is 0 Å². The second-order valence-electron chi connectivity index (χ2n) is 14.6. The quantitative estimate of drug-likeness (QED) is 0.170. The van der Waals surface area contributed by atoms with Gasteiger partial charge in [-0.25, -0.2) is 0 Å². The van der Waals surface area contributed by atoms with E-state index in [1.165, 1.54) is 99.3 Å². The zero-order chi connectivity index (χ0) is 34.6. The van der Waals surface area contributed by atoms with E-state index in [2.05, 4.69) is 195 Å². The molecule has 0 radical (unpaired) electrons. The Bertz CT molecular complexity index is 2820. The van der Waals surface area contributed by atoms with Gasteiger partial charge in [0.2, 0.25) is 0 Å². The van der Waals surface area contributed by atoms with Gasteiger partial charge in [-0.3, -0.25) is 0 Å². The SMILES string of the molecule is Cc1cc(C)cc(N(c2ccc3c(c2)C2(c4ccccc4-c4ccccc42)c2ccccc2-3)c2cccc3c4ccccc4c4ccccc4c23)c1. The fourth-order valence-corrected chi connectivity index (χ4v) is 9.85. The molecule has 2 aliphatic rings. The maximum absolute atomic E-state index is 2.52. The Morgan fingerprint density at radius 1 is 0.346 bits per heavy atom. The maximum atomic E-state index is 2.52. The average Bonchev–Trinajstić information content (AvgIpc) is 3.65. The monoisotopic (exact) mass is 661 g/mol. The number of anilines is 3. The van der Waals surface area contributed by atoms with Crippen LogP contribution in [0.15, 0.2) is 176 Å². The summed E-state index contributed by atoms with van der Waals surface area (Å²) in [4.78, 5) is 2.52. The second kappa shape index (κ2) is 10.8. The third-order valence-corrected chi connectivity index (χ3v) is 11.7. The molecule has 0 bridgehead atoms. The second-order valence-corrected chi connectivity index (χ2v) is 14.6. The van der Waals surface area contributed by atoms with Gasteiger partial charge in [-0.2, -0.15) is 0 Å². The molecule has 2 aliphatic carbocycles. The van der Waals surface area contributed by atoms with Crippen molar-refractivity contribution in [3.05, 3.63) is 209 Å². The summed E-state index contributed by atoms with van der Waals surface area (Å²) in [6.45, 7) is 4.42. The van der Waals surface area contributed by atoms with Crippen molar-refractivity contribution in [2.24, 2.45) is 0 Å². The molecule has 0 N–H and O–H groups in total. The molecular weight excluding hydrogens is 627 g/mol. The van der Waals surface area contributed by atoms with Crippen LogP contribution in [0, 0.1) is 13.8 Å². The van der Waals surface area contributed by atoms with Crippen LogP contribution in [0.2, 0.25) is 0 Å². The third-order valence-electron chi connectivity index (χ3n) is 11.7. The molecule has 0 atom stereocenters. The molecule has 0 saturated heterocycles. The molecule has 0 aromatic heterocycles. The highest BCUT2D eigenvalue weighted by Crippen LogP contribution is 2.63. The largest absolute Gasteiger partial charge is 0.310 e. The topological polar surface area (TPSA) is 3.24 Å². The lowest BCUT2D eigenvalue weighted by Crippen LogP contribution is -2.26. The summed E-state index contributed by atoms with van der Waals surface area (Å²) in [7, 11) is 0. The van der Waals surface area contributed by atoms with Crippen molar-refractivity contribution in [1.82, 2.24) is 0 Å². The number of fused-ring (bicyclic) bond motifs is 16. The normalized spacial score (nSPS) is 13.3. The Morgan fingerprint density at radius 3 is 1.35 bits per heavy atom. The van der Waals surface area contributed by atoms with Crippen molar-refractivity contribution in [2.75, 3.05) is 4.90 Å². The molecule has 0 unspecified atom stereocenters. The molecule has 11 rings (SSSR count). The molecule has 1 spiro atoms. The first-order valence-electron chi connectivity index (χ1n) is 18.3. The van der Waals surface area contributed by atoms with Crippen molar-refractivity contribution >= 4 is 49.4 Å². The van der Waals surface area contributed by atoms with E-state index < -0.39 is 5.41 Å². The predicted molar refractivity (Wildman–Crippen MR) is 219 cm³/mol. The molecule has 244 valence electrons.